The number of carbonyl (C=O) groups excluding carboxylic acids is 2. The van der Waals surface area contributed by atoms with E-state index in [-0.39, 0.29) is 35.5 Å². The Labute approximate surface area is 156 Å². The van der Waals surface area contributed by atoms with Crippen LogP contribution in [0, 0.1) is 11.8 Å². The van der Waals surface area contributed by atoms with Crippen LogP contribution >= 0.6 is 0 Å². The SMILES string of the molecule is C/C=C/CCCCCCOC(=O)C1CCCCC1C(=O)[O-].[Na+]. The van der Waals surface area contributed by atoms with Crippen LogP contribution in [0.2, 0.25) is 0 Å². The summed E-state index contributed by atoms with van der Waals surface area (Å²) in [5.74, 6) is -2.62. The third-order valence-corrected chi connectivity index (χ3v) is 4.12. The Kier molecular flexibility index (Phi) is 13.0. The van der Waals surface area contributed by atoms with Gasteiger partial charge in [-0.1, -0.05) is 37.8 Å². The molecule has 0 aliphatic heterocycles. The Bertz CT molecular complexity index is 355. The maximum Gasteiger partial charge on any atom is 1.00 e. The van der Waals surface area contributed by atoms with Gasteiger partial charge in [0.15, 0.2) is 0 Å². The molecule has 1 fully saturated rings. The van der Waals surface area contributed by atoms with Crippen molar-refractivity contribution >= 4 is 11.9 Å². The van der Waals surface area contributed by atoms with Gasteiger partial charge in [-0.3, -0.25) is 4.79 Å². The van der Waals surface area contributed by atoms with Crippen LogP contribution in [0.3, 0.4) is 0 Å². The van der Waals surface area contributed by atoms with Crippen LogP contribution in [-0.4, -0.2) is 18.5 Å². The van der Waals surface area contributed by atoms with E-state index in [2.05, 4.69) is 12.2 Å². The molecule has 1 aliphatic carbocycles. The molecule has 1 saturated carbocycles. The Balaban J connectivity index is 0.00000441. The molecule has 0 aromatic heterocycles. The Hall–Kier alpha value is -0.320. The van der Waals surface area contributed by atoms with Gasteiger partial charge in [0, 0.05) is 11.9 Å². The maximum atomic E-state index is 12.0. The number of allylic oxidation sites excluding steroid dienone is 2. The summed E-state index contributed by atoms with van der Waals surface area (Å²) in [6, 6.07) is 0. The molecule has 1 rings (SSSR count). The fourth-order valence-electron chi connectivity index (χ4n) is 2.86. The summed E-state index contributed by atoms with van der Waals surface area (Å²) in [6.07, 6.45) is 12.4. The molecule has 120 valence electrons. The minimum absolute atomic E-state index is 0. The van der Waals surface area contributed by atoms with Crippen LogP contribution in [0.25, 0.3) is 0 Å². The van der Waals surface area contributed by atoms with Crippen LogP contribution in [-0.2, 0) is 14.3 Å². The molecule has 1 aliphatic rings. The molecular weight excluding hydrogens is 291 g/mol. The largest absolute Gasteiger partial charge is 1.00 e. The van der Waals surface area contributed by atoms with E-state index in [9.17, 15) is 14.7 Å². The average molecular weight is 318 g/mol. The van der Waals surface area contributed by atoms with Crippen molar-refractivity contribution in [3.05, 3.63) is 12.2 Å². The van der Waals surface area contributed by atoms with Crippen molar-refractivity contribution in [1.29, 1.82) is 0 Å². The van der Waals surface area contributed by atoms with Crippen molar-refractivity contribution in [1.82, 2.24) is 0 Å². The third kappa shape index (κ3) is 8.35. The first-order chi connectivity index (χ1) is 10.2. The molecule has 0 N–H and O–H groups in total. The first-order valence-corrected chi connectivity index (χ1v) is 8.15. The molecule has 0 spiro atoms. The molecule has 4 nitrogen and oxygen atoms in total. The van der Waals surface area contributed by atoms with Gasteiger partial charge in [-0.15, -0.1) is 0 Å². The predicted octanol–water partition coefficient (Wildman–Crippen LogP) is -0.383. The minimum atomic E-state index is -1.11. The number of carboxylic acids is 1. The van der Waals surface area contributed by atoms with E-state index in [1.165, 1.54) is 0 Å². The van der Waals surface area contributed by atoms with E-state index in [4.69, 9.17) is 4.74 Å². The second kappa shape index (κ2) is 13.1. The Morgan fingerprint density at radius 3 is 2.36 bits per heavy atom. The van der Waals surface area contributed by atoms with Crippen molar-refractivity contribution in [2.45, 2.75) is 64.7 Å². The van der Waals surface area contributed by atoms with E-state index < -0.39 is 17.8 Å². The maximum absolute atomic E-state index is 12.0. The number of hydrogen-bond acceptors (Lipinski definition) is 4. The molecular formula is C17H27NaO4. The van der Waals surface area contributed by atoms with Crippen molar-refractivity contribution in [3.63, 3.8) is 0 Å². The van der Waals surface area contributed by atoms with Crippen LogP contribution in [0.15, 0.2) is 12.2 Å². The predicted molar refractivity (Wildman–Crippen MR) is 79.3 cm³/mol. The molecule has 2 unspecified atom stereocenters. The minimum Gasteiger partial charge on any atom is -0.550 e. The van der Waals surface area contributed by atoms with Gasteiger partial charge in [0.05, 0.1) is 12.5 Å². The van der Waals surface area contributed by atoms with Crippen LogP contribution in [0.4, 0.5) is 0 Å². The fourth-order valence-corrected chi connectivity index (χ4v) is 2.86. The van der Waals surface area contributed by atoms with Gasteiger partial charge in [0.25, 0.3) is 0 Å². The van der Waals surface area contributed by atoms with E-state index in [1.54, 1.807) is 0 Å². The second-order valence-corrected chi connectivity index (χ2v) is 5.76. The normalized spacial score (nSPS) is 21.3. The zero-order valence-electron chi connectivity index (χ0n) is 14.0. The van der Waals surface area contributed by atoms with Crippen molar-refractivity contribution < 1.29 is 49.0 Å². The number of carboxylic acid groups (broad SMARTS) is 1. The summed E-state index contributed by atoms with van der Waals surface area (Å²) < 4.78 is 5.25. The van der Waals surface area contributed by atoms with Crippen LogP contribution < -0.4 is 34.7 Å². The second-order valence-electron chi connectivity index (χ2n) is 5.76. The summed E-state index contributed by atoms with van der Waals surface area (Å²) >= 11 is 0. The summed E-state index contributed by atoms with van der Waals surface area (Å²) in [6.45, 7) is 2.42. The Morgan fingerprint density at radius 1 is 1.09 bits per heavy atom. The zero-order chi connectivity index (χ0) is 15.5. The summed E-state index contributed by atoms with van der Waals surface area (Å²) in [7, 11) is 0. The van der Waals surface area contributed by atoms with Gasteiger partial charge in [-0.2, -0.15) is 0 Å². The number of aliphatic carboxylic acids is 1. The van der Waals surface area contributed by atoms with Crippen LogP contribution in [0.1, 0.15) is 64.7 Å². The fraction of sp³-hybridized carbons (Fsp3) is 0.765. The van der Waals surface area contributed by atoms with E-state index in [0.29, 0.717) is 19.4 Å². The van der Waals surface area contributed by atoms with Gasteiger partial charge in [-0.05, 0) is 39.0 Å². The third-order valence-electron chi connectivity index (χ3n) is 4.12. The number of rotatable bonds is 9. The molecule has 0 heterocycles. The molecule has 0 radical (unpaired) electrons. The molecule has 0 bridgehead atoms. The Morgan fingerprint density at radius 2 is 1.73 bits per heavy atom. The molecule has 0 aromatic carbocycles. The molecule has 0 saturated heterocycles. The average Bonchev–Trinajstić information content (AvgIpc) is 2.49. The number of carbonyl (C=O) groups is 2. The van der Waals surface area contributed by atoms with E-state index in [1.807, 2.05) is 6.92 Å². The molecule has 2 atom stereocenters. The topological polar surface area (TPSA) is 66.4 Å². The zero-order valence-corrected chi connectivity index (χ0v) is 16.0. The van der Waals surface area contributed by atoms with Gasteiger partial charge in [-0.25, -0.2) is 0 Å². The quantitative estimate of drug-likeness (QED) is 0.251. The van der Waals surface area contributed by atoms with Crippen LogP contribution in [0.5, 0.6) is 0 Å². The van der Waals surface area contributed by atoms with Crippen molar-refractivity contribution in [2.75, 3.05) is 6.61 Å². The first-order valence-electron chi connectivity index (χ1n) is 8.15. The number of unbranched alkanes of at least 4 members (excludes halogenated alkanes) is 4. The van der Waals surface area contributed by atoms with Crippen molar-refractivity contribution in [3.8, 4) is 0 Å². The monoisotopic (exact) mass is 318 g/mol. The number of hydrogen-bond donors (Lipinski definition) is 0. The molecule has 0 aromatic rings. The van der Waals surface area contributed by atoms with E-state index in [0.717, 1.165) is 44.9 Å². The van der Waals surface area contributed by atoms with Gasteiger partial charge < -0.3 is 14.6 Å². The summed E-state index contributed by atoms with van der Waals surface area (Å²) in [5, 5.41) is 11.0. The van der Waals surface area contributed by atoms with E-state index >= 15 is 0 Å². The summed E-state index contributed by atoms with van der Waals surface area (Å²) in [4.78, 5) is 23.0. The van der Waals surface area contributed by atoms with Gasteiger partial charge in [0.2, 0.25) is 0 Å². The molecule has 5 heteroatoms. The first kappa shape index (κ1) is 21.7. The van der Waals surface area contributed by atoms with Gasteiger partial charge >= 0.3 is 35.5 Å². The smallest absolute Gasteiger partial charge is 0.550 e. The van der Waals surface area contributed by atoms with Gasteiger partial charge in [0.1, 0.15) is 0 Å². The molecule has 0 amide bonds. The van der Waals surface area contributed by atoms with Crippen molar-refractivity contribution in [2.24, 2.45) is 11.8 Å². The standard InChI is InChI=1S/C17H28O4.Na/c1-2-3-4-5-6-7-10-13-21-17(20)15-12-9-8-11-14(15)16(18)19;/h2-3,14-15H,4-13H2,1H3,(H,18,19);/q;+1/p-1/b3-2+;. The number of esters is 1. The molecule has 22 heavy (non-hydrogen) atoms. The number of ether oxygens (including phenoxy) is 1. The summed E-state index contributed by atoms with van der Waals surface area (Å²) in [5.41, 5.74) is 0.